The second-order valence-electron chi connectivity index (χ2n) is 5.63. The number of para-hydroxylation sites is 1. The second-order valence-corrected chi connectivity index (χ2v) is 5.63. The molecule has 0 radical (unpaired) electrons. The Labute approximate surface area is 143 Å². The van der Waals surface area contributed by atoms with E-state index < -0.39 is 0 Å². The molecule has 1 aromatic carbocycles. The van der Waals surface area contributed by atoms with E-state index in [-0.39, 0.29) is 12.5 Å². The van der Waals surface area contributed by atoms with Crippen molar-refractivity contribution >= 4 is 22.6 Å². The minimum atomic E-state index is -0.216. The first-order chi connectivity index (χ1) is 12.2. The van der Waals surface area contributed by atoms with Gasteiger partial charge in [0.25, 0.3) is 0 Å². The maximum Gasteiger partial charge on any atom is 0.247 e. The molecule has 0 spiro atoms. The van der Waals surface area contributed by atoms with E-state index in [0.29, 0.717) is 5.82 Å². The summed E-state index contributed by atoms with van der Waals surface area (Å²) in [5.41, 5.74) is 2.81. The van der Waals surface area contributed by atoms with E-state index in [4.69, 9.17) is 0 Å². The molecular weight excluding hydrogens is 318 g/mol. The van der Waals surface area contributed by atoms with Gasteiger partial charge >= 0.3 is 0 Å². The van der Waals surface area contributed by atoms with Gasteiger partial charge in [-0.2, -0.15) is 5.10 Å². The lowest BCUT2D eigenvalue weighted by molar-refractivity contribution is -0.116. The van der Waals surface area contributed by atoms with Gasteiger partial charge in [-0.3, -0.25) is 19.1 Å². The van der Waals surface area contributed by atoms with Gasteiger partial charge in [-0.05, 0) is 6.07 Å². The number of hydrogen-bond donors (Lipinski definition) is 1. The van der Waals surface area contributed by atoms with Gasteiger partial charge < -0.3 is 5.32 Å². The molecule has 0 saturated heterocycles. The highest BCUT2D eigenvalue weighted by Gasteiger charge is 2.10. The number of aryl methyl sites for hydroxylation is 1. The third-order valence-corrected chi connectivity index (χ3v) is 3.75. The van der Waals surface area contributed by atoms with Crippen LogP contribution in [0.4, 0.5) is 5.82 Å². The number of carbonyl (C=O) groups excluding carboxylic acids is 1. The third kappa shape index (κ3) is 3.09. The molecule has 124 valence electrons. The van der Waals surface area contributed by atoms with Crippen LogP contribution in [0.15, 0.2) is 55.1 Å². The molecule has 4 aromatic rings. The van der Waals surface area contributed by atoms with Crippen LogP contribution in [0.5, 0.6) is 0 Å². The number of rotatable bonds is 4. The molecule has 0 unspecified atom stereocenters. The van der Waals surface area contributed by atoms with Crippen molar-refractivity contribution in [3.8, 4) is 11.1 Å². The fraction of sp³-hybridized carbons (Fsp3) is 0.118. The molecule has 0 bridgehead atoms. The Balaban J connectivity index is 1.54. The van der Waals surface area contributed by atoms with E-state index in [9.17, 15) is 4.79 Å². The van der Waals surface area contributed by atoms with Gasteiger partial charge in [-0.15, -0.1) is 5.10 Å². The van der Waals surface area contributed by atoms with E-state index in [0.717, 1.165) is 22.0 Å². The van der Waals surface area contributed by atoms with E-state index >= 15 is 0 Å². The Hall–Kier alpha value is -3.55. The normalized spacial score (nSPS) is 10.9. The Bertz CT molecular complexity index is 1040. The maximum absolute atomic E-state index is 12.1. The summed E-state index contributed by atoms with van der Waals surface area (Å²) in [6, 6.07) is 9.93. The highest BCUT2D eigenvalue weighted by atomic mass is 16.2. The van der Waals surface area contributed by atoms with Gasteiger partial charge in [0.05, 0.1) is 17.9 Å². The summed E-state index contributed by atoms with van der Waals surface area (Å²) < 4.78 is 3.11. The molecule has 0 aliphatic rings. The average molecular weight is 333 g/mol. The molecular formula is C17H15N7O. The molecule has 4 rings (SSSR count). The Morgan fingerprint density at radius 2 is 2.08 bits per heavy atom. The van der Waals surface area contributed by atoms with Crippen molar-refractivity contribution in [2.24, 2.45) is 7.05 Å². The van der Waals surface area contributed by atoms with Crippen molar-refractivity contribution in [1.29, 1.82) is 0 Å². The first-order valence-corrected chi connectivity index (χ1v) is 7.72. The molecule has 1 amide bonds. The van der Waals surface area contributed by atoms with Crippen molar-refractivity contribution in [1.82, 2.24) is 29.8 Å². The molecule has 0 aliphatic heterocycles. The van der Waals surface area contributed by atoms with Gasteiger partial charge in [0.1, 0.15) is 6.54 Å². The van der Waals surface area contributed by atoms with Crippen molar-refractivity contribution in [3.05, 3.63) is 55.1 Å². The topological polar surface area (TPSA) is 90.5 Å². The fourth-order valence-electron chi connectivity index (χ4n) is 2.66. The molecule has 25 heavy (non-hydrogen) atoms. The Morgan fingerprint density at radius 3 is 2.92 bits per heavy atom. The molecule has 1 N–H and O–H groups in total. The summed E-state index contributed by atoms with van der Waals surface area (Å²) >= 11 is 0. The zero-order valence-electron chi connectivity index (χ0n) is 13.5. The minimum absolute atomic E-state index is 0.0920. The van der Waals surface area contributed by atoms with Crippen molar-refractivity contribution in [2.75, 3.05) is 5.32 Å². The highest BCUT2D eigenvalue weighted by molar-refractivity contribution is 5.93. The molecule has 8 nitrogen and oxygen atoms in total. The summed E-state index contributed by atoms with van der Waals surface area (Å²) in [6.07, 6.45) is 6.97. The number of hydrogen-bond acceptors (Lipinski definition) is 5. The smallest absolute Gasteiger partial charge is 0.247 e. The van der Waals surface area contributed by atoms with Gasteiger partial charge in [0.2, 0.25) is 5.91 Å². The number of nitrogens with zero attached hydrogens (tertiary/aromatic N) is 6. The molecule has 8 heteroatoms. The maximum atomic E-state index is 12.1. The van der Waals surface area contributed by atoms with Crippen LogP contribution in [0, 0.1) is 0 Å². The van der Waals surface area contributed by atoms with Crippen LogP contribution in [-0.4, -0.2) is 35.7 Å². The second kappa shape index (κ2) is 6.16. The van der Waals surface area contributed by atoms with Gasteiger partial charge in [-0.1, -0.05) is 29.5 Å². The van der Waals surface area contributed by atoms with E-state index in [1.807, 2.05) is 36.5 Å². The lowest BCUT2D eigenvalue weighted by Gasteiger charge is -2.03. The molecule has 0 atom stereocenters. The lowest BCUT2D eigenvalue weighted by atomic mass is 10.1. The van der Waals surface area contributed by atoms with E-state index in [1.165, 1.54) is 4.68 Å². The van der Waals surface area contributed by atoms with Crippen LogP contribution in [-0.2, 0) is 18.4 Å². The largest absolute Gasteiger partial charge is 0.306 e. The van der Waals surface area contributed by atoms with Crippen molar-refractivity contribution < 1.29 is 4.79 Å². The third-order valence-electron chi connectivity index (χ3n) is 3.75. The van der Waals surface area contributed by atoms with E-state index in [1.54, 1.807) is 30.3 Å². The van der Waals surface area contributed by atoms with Crippen molar-refractivity contribution in [3.63, 3.8) is 0 Å². The Kier molecular flexibility index (Phi) is 3.70. The SMILES string of the molecule is Cn1cc(NC(=O)Cn2cc(-c3cccc4cccnc34)cn2)nn1. The number of benzene rings is 1. The number of anilines is 1. The number of aromatic nitrogens is 6. The number of fused-ring (bicyclic) bond motifs is 1. The quantitative estimate of drug-likeness (QED) is 0.616. The van der Waals surface area contributed by atoms with Crippen LogP contribution in [0.25, 0.3) is 22.0 Å². The first kappa shape index (κ1) is 15.0. The number of carbonyl (C=O) groups is 1. The predicted octanol–water partition coefficient (Wildman–Crippen LogP) is 1.87. The van der Waals surface area contributed by atoms with Gasteiger partial charge in [0, 0.05) is 36.0 Å². The lowest BCUT2D eigenvalue weighted by Crippen LogP contribution is -2.19. The van der Waals surface area contributed by atoms with Crippen LogP contribution >= 0.6 is 0 Å². The predicted molar refractivity (Wildman–Crippen MR) is 92.6 cm³/mol. The summed E-state index contributed by atoms with van der Waals surface area (Å²) in [4.78, 5) is 16.5. The zero-order chi connectivity index (χ0) is 17.2. The number of nitrogens with one attached hydrogen (secondary N) is 1. The summed E-state index contributed by atoms with van der Waals surface area (Å²) in [7, 11) is 1.74. The van der Waals surface area contributed by atoms with Gasteiger partial charge in [-0.25, -0.2) is 0 Å². The van der Waals surface area contributed by atoms with Crippen molar-refractivity contribution in [2.45, 2.75) is 6.54 Å². The summed E-state index contributed by atoms with van der Waals surface area (Å²) in [5.74, 6) is 0.198. The fourth-order valence-corrected chi connectivity index (χ4v) is 2.66. The number of pyridine rings is 1. The first-order valence-electron chi connectivity index (χ1n) is 7.72. The average Bonchev–Trinajstić information content (AvgIpc) is 3.23. The molecule has 3 aromatic heterocycles. The monoisotopic (exact) mass is 333 g/mol. The summed E-state index contributed by atoms with van der Waals surface area (Å²) in [6.45, 7) is 0.0920. The van der Waals surface area contributed by atoms with Gasteiger partial charge in [0.15, 0.2) is 5.82 Å². The number of amides is 1. The zero-order valence-corrected chi connectivity index (χ0v) is 13.5. The highest BCUT2D eigenvalue weighted by Crippen LogP contribution is 2.26. The van der Waals surface area contributed by atoms with Crippen LogP contribution in [0.2, 0.25) is 0 Å². The summed E-state index contributed by atoms with van der Waals surface area (Å²) in [5, 5.41) is 15.6. The van der Waals surface area contributed by atoms with Crippen LogP contribution < -0.4 is 5.32 Å². The molecule has 0 aliphatic carbocycles. The minimum Gasteiger partial charge on any atom is -0.306 e. The molecule has 0 fully saturated rings. The van der Waals surface area contributed by atoms with E-state index in [2.05, 4.69) is 25.7 Å². The van der Waals surface area contributed by atoms with Crippen LogP contribution in [0.3, 0.4) is 0 Å². The molecule has 0 saturated carbocycles. The Morgan fingerprint density at radius 1 is 1.20 bits per heavy atom. The van der Waals surface area contributed by atoms with Crippen LogP contribution in [0.1, 0.15) is 0 Å². The standard InChI is InChI=1S/C17H15N7O/c1-23-10-15(21-22-23)20-16(25)11-24-9-13(8-19-24)14-6-2-4-12-5-3-7-18-17(12)14/h2-10H,11H2,1H3,(H,20,25). The molecule has 3 heterocycles.